The van der Waals surface area contributed by atoms with Crippen molar-refractivity contribution >= 4 is 11.4 Å². The molecule has 0 spiro atoms. The molecule has 6 heteroatoms. The fraction of sp³-hybridized carbons (Fsp3) is 0.444. The van der Waals surface area contributed by atoms with Gasteiger partial charge in [-0.3, -0.25) is 14.9 Å². The number of anilines is 2. The van der Waals surface area contributed by atoms with E-state index in [1.54, 1.807) is 0 Å². The zero-order chi connectivity index (χ0) is 17.5. The molecule has 0 radical (unpaired) electrons. The van der Waals surface area contributed by atoms with Crippen LogP contribution in [0.2, 0.25) is 0 Å². The summed E-state index contributed by atoms with van der Waals surface area (Å²) in [7, 11) is 8.14. The van der Waals surface area contributed by atoms with Crippen molar-refractivity contribution in [2.75, 3.05) is 51.1 Å². The van der Waals surface area contributed by atoms with Crippen LogP contribution in [0.4, 0.5) is 11.4 Å². The van der Waals surface area contributed by atoms with Crippen LogP contribution in [0, 0.1) is 0 Å². The van der Waals surface area contributed by atoms with Crippen LogP contribution in [0.15, 0.2) is 36.7 Å². The van der Waals surface area contributed by atoms with Gasteiger partial charge in [-0.15, -0.1) is 0 Å². The SMILES string of the molecule is CN(C)c1ccnc(CN(CCN)Cc2cc(N(C)C)ccn2)c1. The molecular formula is C18H28N6. The molecule has 2 aromatic rings. The highest BCUT2D eigenvalue weighted by Crippen LogP contribution is 2.16. The van der Waals surface area contributed by atoms with Crippen molar-refractivity contribution in [3.63, 3.8) is 0 Å². The van der Waals surface area contributed by atoms with E-state index in [2.05, 4.69) is 36.8 Å². The maximum absolute atomic E-state index is 5.79. The van der Waals surface area contributed by atoms with E-state index in [1.165, 1.54) is 0 Å². The first-order valence-electron chi connectivity index (χ1n) is 8.16. The number of hydrogen-bond donors (Lipinski definition) is 1. The van der Waals surface area contributed by atoms with Crippen LogP contribution in [0.25, 0.3) is 0 Å². The molecule has 0 aliphatic heterocycles. The molecule has 6 nitrogen and oxygen atoms in total. The molecule has 0 amide bonds. The van der Waals surface area contributed by atoms with Crippen molar-refractivity contribution in [3.05, 3.63) is 48.0 Å². The van der Waals surface area contributed by atoms with Gasteiger partial charge in [-0.05, 0) is 24.3 Å². The van der Waals surface area contributed by atoms with Gasteiger partial charge >= 0.3 is 0 Å². The summed E-state index contributed by atoms with van der Waals surface area (Å²) < 4.78 is 0. The average Bonchev–Trinajstić information content (AvgIpc) is 2.55. The number of nitrogens with zero attached hydrogens (tertiary/aromatic N) is 5. The molecule has 0 fully saturated rings. The molecule has 2 heterocycles. The highest BCUT2D eigenvalue weighted by atomic mass is 15.1. The Kier molecular flexibility index (Phi) is 6.52. The zero-order valence-corrected chi connectivity index (χ0v) is 15.1. The van der Waals surface area contributed by atoms with E-state index in [0.29, 0.717) is 6.54 Å². The molecule has 2 N–H and O–H groups in total. The topological polar surface area (TPSA) is 61.5 Å². The van der Waals surface area contributed by atoms with Gasteiger partial charge in [0.1, 0.15) is 0 Å². The predicted octanol–water partition coefficient (Wildman–Crippen LogP) is 1.57. The second-order valence-electron chi connectivity index (χ2n) is 6.30. The molecule has 2 aromatic heterocycles. The minimum absolute atomic E-state index is 0.612. The zero-order valence-electron chi connectivity index (χ0n) is 15.1. The number of hydrogen-bond acceptors (Lipinski definition) is 6. The van der Waals surface area contributed by atoms with E-state index in [4.69, 9.17) is 5.73 Å². The van der Waals surface area contributed by atoms with Crippen molar-refractivity contribution in [2.24, 2.45) is 5.73 Å². The van der Waals surface area contributed by atoms with Crippen LogP contribution < -0.4 is 15.5 Å². The Hall–Kier alpha value is -2.18. The highest BCUT2D eigenvalue weighted by Gasteiger charge is 2.10. The van der Waals surface area contributed by atoms with E-state index in [9.17, 15) is 0 Å². The van der Waals surface area contributed by atoms with Crippen LogP contribution in [0.5, 0.6) is 0 Å². The summed E-state index contributed by atoms with van der Waals surface area (Å²) in [5.74, 6) is 0. The molecule has 0 aromatic carbocycles. The fourth-order valence-corrected chi connectivity index (χ4v) is 2.51. The molecular weight excluding hydrogens is 300 g/mol. The second-order valence-corrected chi connectivity index (χ2v) is 6.30. The third-order valence-electron chi connectivity index (χ3n) is 3.85. The Bertz CT molecular complexity index is 587. The van der Waals surface area contributed by atoms with Gasteiger partial charge in [-0.2, -0.15) is 0 Å². The molecule has 0 atom stereocenters. The van der Waals surface area contributed by atoms with E-state index in [-0.39, 0.29) is 0 Å². The smallest absolute Gasteiger partial charge is 0.0564 e. The van der Waals surface area contributed by atoms with Gasteiger partial charge in [0.2, 0.25) is 0 Å². The van der Waals surface area contributed by atoms with E-state index >= 15 is 0 Å². The van der Waals surface area contributed by atoms with E-state index < -0.39 is 0 Å². The van der Waals surface area contributed by atoms with Crippen molar-refractivity contribution in [1.29, 1.82) is 0 Å². The molecule has 130 valence electrons. The maximum Gasteiger partial charge on any atom is 0.0564 e. The molecule has 2 rings (SSSR count). The number of nitrogens with two attached hydrogens (primary N) is 1. The second kappa shape index (κ2) is 8.61. The Labute approximate surface area is 144 Å². The molecule has 24 heavy (non-hydrogen) atoms. The Morgan fingerprint density at radius 3 is 1.67 bits per heavy atom. The third kappa shape index (κ3) is 5.18. The lowest BCUT2D eigenvalue weighted by molar-refractivity contribution is 0.258. The van der Waals surface area contributed by atoms with Crippen LogP contribution in [0.3, 0.4) is 0 Å². The minimum atomic E-state index is 0.612. The lowest BCUT2D eigenvalue weighted by Gasteiger charge is -2.22. The first-order valence-corrected chi connectivity index (χ1v) is 8.16. The Morgan fingerprint density at radius 2 is 1.29 bits per heavy atom. The first kappa shape index (κ1) is 18.2. The number of pyridine rings is 2. The Balaban J connectivity index is 2.12. The van der Waals surface area contributed by atoms with Gasteiger partial charge in [-0.1, -0.05) is 0 Å². The molecule has 0 unspecified atom stereocenters. The summed E-state index contributed by atoms with van der Waals surface area (Å²) >= 11 is 0. The Morgan fingerprint density at radius 1 is 0.833 bits per heavy atom. The normalized spacial score (nSPS) is 10.9. The van der Waals surface area contributed by atoms with Crippen molar-refractivity contribution in [1.82, 2.24) is 14.9 Å². The summed E-state index contributed by atoms with van der Waals surface area (Å²) in [6.07, 6.45) is 3.71. The lowest BCUT2D eigenvalue weighted by Crippen LogP contribution is -2.29. The summed E-state index contributed by atoms with van der Waals surface area (Å²) in [5, 5.41) is 0. The van der Waals surface area contributed by atoms with Gasteiger partial charge in [0.05, 0.1) is 11.4 Å². The van der Waals surface area contributed by atoms with Gasteiger partial charge in [0, 0.05) is 78.1 Å². The number of aromatic nitrogens is 2. The van der Waals surface area contributed by atoms with Gasteiger partial charge < -0.3 is 15.5 Å². The third-order valence-corrected chi connectivity index (χ3v) is 3.85. The molecule has 0 saturated heterocycles. The predicted molar refractivity (Wildman–Crippen MR) is 100 cm³/mol. The van der Waals surface area contributed by atoms with Gasteiger partial charge in [-0.25, -0.2) is 0 Å². The molecule has 0 aliphatic rings. The van der Waals surface area contributed by atoms with E-state index in [0.717, 1.165) is 42.4 Å². The quantitative estimate of drug-likeness (QED) is 0.794. The van der Waals surface area contributed by atoms with Gasteiger partial charge in [0.25, 0.3) is 0 Å². The average molecular weight is 328 g/mol. The van der Waals surface area contributed by atoms with Gasteiger partial charge in [0.15, 0.2) is 0 Å². The van der Waals surface area contributed by atoms with Crippen LogP contribution in [-0.4, -0.2) is 56.1 Å². The van der Waals surface area contributed by atoms with Crippen LogP contribution >= 0.6 is 0 Å². The first-order chi connectivity index (χ1) is 11.5. The van der Waals surface area contributed by atoms with Crippen molar-refractivity contribution < 1.29 is 0 Å². The van der Waals surface area contributed by atoms with E-state index in [1.807, 2.05) is 52.7 Å². The standard InChI is InChI=1S/C18H28N6/c1-22(2)17-5-8-20-15(11-17)13-24(10-7-19)14-16-12-18(23(3)4)6-9-21-16/h5-6,8-9,11-12H,7,10,13-14,19H2,1-4H3. The fourth-order valence-electron chi connectivity index (χ4n) is 2.51. The monoisotopic (exact) mass is 328 g/mol. The summed E-state index contributed by atoms with van der Waals surface area (Å²) in [5.41, 5.74) is 10.2. The van der Waals surface area contributed by atoms with Crippen LogP contribution in [-0.2, 0) is 13.1 Å². The maximum atomic E-state index is 5.79. The molecule has 0 bridgehead atoms. The molecule has 0 aliphatic carbocycles. The molecule has 0 saturated carbocycles. The summed E-state index contributed by atoms with van der Waals surface area (Å²) in [4.78, 5) is 15.4. The highest BCUT2D eigenvalue weighted by molar-refractivity contribution is 5.45. The van der Waals surface area contributed by atoms with Crippen LogP contribution in [0.1, 0.15) is 11.4 Å². The number of rotatable bonds is 8. The minimum Gasteiger partial charge on any atom is -0.378 e. The largest absolute Gasteiger partial charge is 0.378 e. The summed E-state index contributed by atoms with van der Waals surface area (Å²) in [6.45, 7) is 2.93. The lowest BCUT2D eigenvalue weighted by atomic mass is 10.2. The van der Waals surface area contributed by atoms with Crippen molar-refractivity contribution in [2.45, 2.75) is 13.1 Å². The summed E-state index contributed by atoms with van der Waals surface area (Å²) in [6, 6.07) is 8.26. The van der Waals surface area contributed by atoms with Crippen molar-refractivity contribution in [3.8, 4) is 0 Å².